The summed E-state index contributed by atoms with van der Waals surface area (Å²) in [4.78, 5) is 25.8. The highest BCUT2D eigenvalue weighted by Crippen LogP contribution is 2.42. The molecule has 29 heavy (non-hydrogen) atoms. The van der Waals surface area contributed by atoms with Crippen LogP contribution >= 0.6 is 0 Å². The molecule has 1 aromatic heterocycles. The number of carbonyl (C=O) groups is 2. The molecule has 0 amide bonds. The number of hydrogen-bond donors (Lipinski definition) is 1. The van der Waals surface area contributed by atoms with Crippen molar-refractivity contribution in [3.63, 3.8) is 0 Å². The number of fused-ring (bicyclic) bond motifs is 1. The molecule has 0 bridgehead atoms. The lowest BCUT2D eigenvalue weighted by Gasteiger charge is -2.25. The second kappa shape index (κ2) is 8.09. The molecule has 0 saturated carbocycles. The molecule has 152 valence electrons. The van der Waals surface area contributed by atoms with E-state index in [1.54, 1.807) is 26.0 Å². The first-order valence-electron chi connectivity index (χ1n) is 9.58. The molecule has 3 aromatic rings. The normalized spacial score (nSPS) is 11.5. The topological polar surface area (TPSA) is 77.8 Å². The van der Waals surface area contributed by atoms with E-state index in [1.807, 2.05) is 54.9 Å². The Bertz CT molecular complexity index is 1050. The molecular formula is C23H25NO5. The molecule has 6 heteroatoms. The first-order chi connectivity index (χ1) is 13.9. The predicted octanol–water partition coefficient (Wildman–Crippen LogP) is 3.47. The van der Waals surface area contributed by atoms with Crippen LogP contribution in [0.4, 0.5) is 0 Å². The SMILES string of the molecule is CCOC(=O)C(O)(C(=O)OCC)c1c(-c2ccccc2C)n(C)c2ccccc12. The monoisotopic (exact) mass is 395 g/mol. The molecule has 1 N–H and O–H groups in total. The molecule has 0 fully saturated rings. The van der Waals surface area contributed by atoms with Gasteiger partial charge >= 0.3 is 11.9 Å². The number of nitrogens with zero attached hydrogens (tertiary/aromatic N) is 1. The van der Waals surface area contributed by atoms with Crippen LogP contribution in [0.15, 0.2) is 48.5 Å². The van der Waals surface area contributed by atoms with E-state index in [0.717, 1.165) is 16.6 Å². The third-order valence-corrected chi connectivity index (χ3v) is 5.01. The quantitative estimate of drug-likeness (QED) is 0.511. The molecule has 0 radical (unpaired) electrons. The highest BCUT2D eigenvalue weighted by Gasteiger charge is 2.52. The summed E-state index contributed by atoms with van der Waals surface area (Å²) >= 11 is 0. The van der Waals surface area contributed by atoms with Gasteiger partial charge < -0.3 is 19.1 Å². The molecule has 0 saturated heterocycles. The van der Waals surface area contributed by atoms with Gasteiger partial charge in [0.15, 0.2) is 0 Å². The first-order valence-corrected chi connectivity index (χ1v) is 9.58. The Morgan fingerprint density at radius 1 is 0.966 bits per heavy atom. The van der Waals surface area contributed by atoms with Gasteiger partial charge in [-0.3, -0.25) is 0 Å². The van der Waals surface area contributed by atoms with Crippen molar-refractivity contribution in [2.24, 2.45) is 7.05 Å². The van der Waals surface area contributed by atoms with E-state index in [1.165, 1.54) is 0 Å². The fourth-order valence-corrected chi connectivity index (χ4v) is 3.67. The van der Waals surface area contributed by atoms with E-state index in [-0.39, 0.29) is 18.8 Å². The summed E-state index contributed by atoms with van der Waals surface area (Å²) in [6, 6.07) is 14.9. The minimum atomic E-state index is -2.59. The maximum atomic E-state index is 12.9. The van der Waals surface area contributed by atoms with Crippen LogP contribution < -0.4 is 0 Å². The van der Waals surface area contributed by atoms with Crippen molar-refractivity contribution >= 4 is 22.8 Å². The van der Waals surface area contributed by atoms with Crippen LogP contribution in [0.3, 0.4) is 0 Å². The Labute approximate surface area is 169 Å². The molecule has 6 nitrogen and oxygen atoms in total. The fraction of sp³-hybridized carbons (Fsp3) is 0.304. The van der Waals surface area contributed by atoms with E-state index in [0.29, 0.717) is 11.1 Å². The zero-order chi connectivity index (χ0) is 21.2. The number of carbonyl (C=O) groups excluding carboxylic acids is 2. The maximum Gasteiger partial charge on any atom is 0.355 e. The van der Waals surface area contributed by atoms with Gasteiger partial charge in [-0.05, 0) is 32.4 Å². The Kier molecular flexibility index (Phi) is 5.75. The molecule has 0 aliphatic carbocycles. The summed E-state index contributed by atoms with van der Waals surface area (Å²) in [6.07, 6.45) is 0. The number of rotatable bonds is 6. The average Bonchev–Trinajstić information content (AvgIpc) is 3.01. The van der Waals surface area contributed by atoms with E-state index in [2.05, 4.69) is 0 Å². The van der Waals surface area contributed by atoms with Gasteiger partial charge in [0.05, 0.1) is 18.9 Å². The van der Waals surface area contributed by atoms with Crippen LogP contribution in [0.2, 0.25) is 0 Å². The smallest absolute Gasteiger partial charge is 0.355 e. The van der Waals surface area contributed by atoms with Gasteiger partial charge in [0.25, 0.3) is 5.60 Å². The summed E-state index contributed by atoms with van der Waals surface area (Å²) < 4.78 is 12.1. The number of para-hydroxylation sites is 1. The van der Waals surface area contributed by atoms with Crippen LogP contribution in [-0.4, -0.2) is 34.8 Å². The van der Waals surface area contributed by atoms with Gasteiger partial charge in [-0.15, -0.1) is 0 Å². The summed E-state index contributed by atoms with van der Waals surface area (Å²) in [5.74, 6) is -2.10. The lowest BCUT2D eigenvalue weighted by molar-refractivity contribution is -0.184. The molecule has 0 atom stereocenters. The summed E-state index contributed by atoms with van der Waals surface area (Å²) in [5.41, 5.74) is 0.648. The van der Waals surface area contributed by atoms with Crippen molar-refractivity contribution in [1.82, 2.24) is 4.57 Å². The van der Waals surface area contributed by atoms with Crippen molar-refractivity contribution < 1.29 is 24.2 Å². The summed E-state index contributed by atoms with van der Waals surface area (Å²) in [6.45, 7) is 5.21. The highest BCUT2D eigenvalue weighted by atomic mass is 16.6. The lowest BCUT2D eigenvalue weighted by Crippen LogP contribution is -2.46. The number of hydrogen-bond acceptors (Lipinski definition) is 5. The van der Waals surface area contributed by atoms with Crippen molar-refractivity contribution in [3.8, 4) is 11.3 Å². The summed E-state index contributed by atoms with van der Waals surface area (Å²) in [7, 11) is 1.84. The maximum absolute atomic E-state index is 12.9. The van der Waals surface area contributed by atoms with Gasteiger partial charge in [-0.1, -0.05) is 42.5 Å². The third-order valence-electron chi connectivity index (χ3n) is 5.01. The molecule has 1 heterocycles. The molecule has 3 rings (SSSR count). The van der Waals surface area contributed by atoms with Crippen molar-refractivity contribution in [2.45, 2.75) is 26.4 Å². The highest BCUT2D eigenvalue weighted by molar-refractivity contribution is 6.10. The van der Waals surface area contributed by atoms with E-state index < -0.39 is 17.5 Å². The van der Waals surface area contributed by atoms with Crippen LogP contribution in [0.1, 0.15) is 25.0 Å². The van der Waals surface area contributed by atoms with Gasteiger partial charge in [-0.25, -0.2) is 9.59 Å². The van der Waals surface area contributed by atoms with Gasteiger partial charge in [0, 0.05) is 29.1 Å². The number of aryl methyl sites for hydroxylation is 2. The average molecular weight is 395 g/mol. The van der Waals surface area contributed by atoms with Crippen molar-refractivity contribution in [2.75, 3.05) is 13.2 Å². The minimum absolute atomic E-state index is 0.0189. The largest absolute Gasteiger partial charge is 0.463 e. The molecule has 0 unspecified atom stereocenters. The van der Waals surface area contributed by atoms with Gasteiger partial charge in [-0.2, -0.15) is 0 Å². The molecule has 0 aliphatic heterocycles. The minimum Gasteiger partial charge on any atom is -0.463 e. The Balaban J connectivity index is 2.45. The van der Waals surface area contributed by atoms with Crippen LogP contribution in [-0.2, 0) is 31.7 Å². The zero-order valence-electron chi connectivity index (χ0n) is 17.1. The first kappa shape index (κ1) is 20.6. The molecular weight excluding hydrogens is 370 g/mol. The number of aliphatic hydroxyl groups is 1. The fourth-order valence-electron chi connectivity index (χ4n) is 3.67. The third kappa shape index (κ3) is 3.29. The number of esters is 2. The predicted molar refractivity (Wildman–Crippen MR) is 110 cm³/mol. The Morgan fingerprint density at radius 2 is 1.52 bits per heavy atom. The summed E-state index contributed by atoms with van der Waals surface area (Å²) in [5, 5.41) is 12.1. The number of aromatic nitrogens is 1. The van der Waals surface area contributed by atoms with Crippen molar-refractivity contribution in [1.29, 1.82) is 0 Å². The van der Waals surface area contributed by atoms with Crippen LogP contribution in [0.25, 0.3) is 22.2 Å². The Morgan fingerprint density at radius 3 is 2.10 bits per heavy atom. The van der Waals surface area contributed by atoms with Crippen LogP contribution in [0.5, 0.6) is 0 Å². The molecule has 0 aliphatic rings. The van der Waals surface area contributed by atoms with E-state index in [9.17, 15) is 14.7 Å². The van der Waals surface area contributed by atoms with Crippen LogP contribution in [0, 0.1) is 6.92 Å². The second-order valence-electron chi connectivity index (χ2n) is 6.77. The van der Waals surface area contributed by atoms with Gasteiger partial charge in [0.2, 0.25) is 0 Å². The molecule has 2 aromatic carbocycles. The van der Waals surface area contributed by atoms with Crippen molar-refractivity contribution in [3.05, 3.63) is 59.7 Å². The number of ether oxygens (including phenoxy) is 2. The Hall–Kier alpha value is -3.12. The number of benzene rings is 2. The second-order valence-corrected chi connectivity index (χ2v) is 6.77. The van der Waals surface area contributed by atoms with E-state index in [4.69, 9.17) is 9.47 Å². The lowest BCUT2D eigenvalue weighted by atomic mass is 9.88. The standard InChI is InChI=1S/C23H25NO5/c1-5-28-21(25)23(27,22(26)29-6-2)19-17-13-9-10-14-18(17)24(4)20(19)16-12-8-7-11-15(16)3/h7-14,27H,5-6H2,1-4H3. The zero-order valence-corrected chi connectivity index (χ0v) is 17.1. The van der Waals surface area contributed by atoms with Gasteiger partial charge in [0.1, 0.15) is 0 Å². The molecule has 0 spiro atoms. The van der Waals surface area contributed by atoms with E-state index >= 15 is 0 Å².